The molecule has 0 atom stereocenters. The van der Waals surface area contributed by atoms with Gasteiger partial charge < -0.3 is 14.2 Å². The molecule has 0 saturated heterocycles. The minimum absolute atomic E-state index is 0.0940. The molecule has 0 fully saturated rings. The molecule has 0 radical (unpaired) electrons. The summed E-state index contributed by atoms with van der Waals surface area (Å²) in [6.45, 7) is 7.43. The number of benzene rings is 3. The maximum Gasteiger partial charge on any atom is 0.338 e. The molecule has 0 bridgehead atoms. The summed E-state index contributed by atoms with van der Waals surface area (Å²) < 4.78 is 30.0. The van der Waals surface area contributed by atoms with Gasteiger partial charge in [0.25, 0.3) is 0 Å². The van der Waals surface area contributed by atoms with E-state index in [2.05, 4.69) is 16.8 Å². The van der Waals surface area contributed by atoms with Gasteiger partial charge in [0, 0.05) is 5.57 Å². The van der Waals surface area contributed by atoms with Crippen molar-refractivity contribution < 1.29 is 28.2 Å². The summed E-state index contributed by atoms with van der Waals surface area (Å²) >= 11 is 0. The van der Waals surface area contributed by atoms with E-state index >= 15 is 0 Å². The van der Waals surface area contributed by atoms with Crippen LogP contribution in [0.25, 0.3) is 11.1 Å². The fourth-order valence-electron chi connectivity index (χ4n) is 2.92. The molecule has 3 aromatic carbocycles. The molecular weight excluding hydrogens is 451 g/mol. The van der Waals surface area contributed by atoms with E-state index in [0.717, 1.165) is 5.56 Å². The molecule has 0 N–H and O–H groups in total. The first kappa shape index (κ1) is 25.3. The number of hydrogen-bond acceptors (Lipinski definition) is 7. The lowest BCUT2D eigenvalue weighted by Crippen LogP contribution is -2.12. The van der Waals surface area contributed by atoms with Crippen LogP contribution in [0.5, 0.6) is 5.75 Å². The highest BCUT2D eigenvalue weighted by Gasteiger charge is 2.09. The summed E-state index contributed by atoms with van der Waals surface area (Å²) in [4.78, 5) is 23.1. The number of halogens is 1. The highest BCUT2D eigenvalue weighted by atomic mass is 19.1. The number of esters is 2. The fourth-order valence-corrected chi connectivity index (χ4v) is 2.92. The first-order chi connectivity index (χ1) is 16.9. The van der Waals surface area contributed by atoms with Crippen LogP contribution in [0.15, 0.2) is 89.1 Å². The van der Waals surface area contributed by atoms with Gasteiger partial charge in [-0.05, 0) is 73.5 Å². The van der Waals surface area contributed by atoms with E-state index in [-0.39, 0.29) is 18.9 Å². The molecule has 0 amide bonds. The Bertz CT molecular complexity index is 1220. The highest BCUT2D eigenvalue weighted by Crippen LogP contribution is 2.28. The predicted molar refractivity (Wildman–Crippen MR) is 130 cm³/mol. The van der Waals surface area contributed by atoms with E-state index in [1.54, 1.807) is 68.4 Å². The summed E-state index contributed by atoms with van der Waals surface area (Å²) in [7, 11) is 0. The molecule has 0 spiro atoms. The largest absolute Gasteiger partial charge is 0.490 e. The van der Waals surface area contributed by atoms with Gasteiger partial charge in [-0.3, -0.25) is 0 Å². The Morgan fingerprint density at radius 1 is 0.886 bits per heavy atom. The zero-order valence-electron chi connectivity index (χ0n) is 19.5. The van der Waals surface area contributed by atoms with E-state index in [9.17, 15) is 14.0 Å². The third kappa shape index (κ3) is 7.33. The van der Waals surface area contributed by atoms with Crippen LogP contribution in [0.2, 0.25) is 0 Å². The molecule has 0 aromatic heterocycles. The number of rotatable bonds is 10. The van der Waals surface area contributed by atoms with E-state index in [1.807, 2.05) is 0 Å². The van der Waals surface area contributed by atoms with Crippen LogP contribution in [0.4, 0.5) is 15.8 Å². The van der Waals surface area contributed by atoms with Gasteiger partial charge in [-0.15, -0.1) is 5.11 Å². The van der Waals surface area contributed by atoms with E-state index in [1.165, 1.54) is 12.1 Å². The van der Waals surface area contributed by atoms with Gasteiger partial charge in [-0.2, -0.15) is 5.11 Å². The van der Waals surface area contributed by atoms with Gasteiger partial charge in [0.1, 0.15) is 24.7 Å². The van der Waals surface area contributed by atoms with Crippen LogP contribution < -0.4 is 4.74 Å². The van der Waals surface area contributed by atoms with Crippen LogP contribution in [0, 0.1) is 5.82 Å². The smallest absolute Gasteiger partial charge is 0.338 e. The van der Waals surface area contributed by atoms with Crippen LogP contribution in [0.1, 0.15) is 24.2 Å². The average Bonchev–Trinajstić information content (AvgIpc) is 2.86. The van der Waals surface area contributed by atoms with Crippen molar-refractivity contribution in [3.8, 4) is 16.9 Å². The Kier molecular flexibility index (Phi) is 8.83. The second-order valence-corrected chi connectivity index (χ2v) is 7.42. The molecule has 8 heteroatoms. The lowest BCUT2D eigenvalue weighted by atomic mass is 10.0. The average molecular weight is 477 g/mol. The summed E-state index contributed by atoms with van der Waals surface area (Å²) in [6, 6.07) is 18.1. The molecule has 0 unspecified atom stereocenters. The molecule has 35 heavy (non-hydrogen) atoms. The van der Waals surface area contributed by atoms with Crippen LogP contribution in [-0.4, -0.2) is 31.8 Å². The molecule has 0 saturated carbocycles. The lowest BCUT2D eigenvalue weighted by Gasteiger charge is -2.07. The summed E-state index contributed by atoms with van der Waals surface area (Å²) in [5.41, 5.74) is 2.78. The zero-order chi connectivity index (χ0) is 25.2. The molecular formula is C27H25FN2O5. The first-order valence-electron chi connectivity index (χ1n) is 10.9. The van der Waals surface area contributed by atoms with Crippen LogP contribution in [-0.2, 0) is 14.3 Å². The number of carbonyl (C=O) groups is 2. The Balaban J connectivity index is 1.58. The monoisotopic (exact) mass is 476 g/mol. The van der Waals surface area contributed by atoms with Gasteiger partial charge in [0.05, 0.1) is 17.9 Å². The van der Waals surface area contributed by atoms with Crippen molar-refractivity contribution in [1.82, 2.24) is 0 Å². The van der Waals surface area contributed by atoms with Crippen molar-refractivity contribution in [2.75, 3.05) is 19.8 Å². The van der Waals surface area contributed by atoms with Gasteiger partial charge in [-0.1, -0.05) is 24.8 Å². The summed E-state index contributed by atoms with van der Waals surface area (Å²) in [5, 5.41) is 8.06. The van der Waals surface area contributed by atoms with Gasteiger partial charge in [-0.25, -0.2) is 14.0 Å². The highest BCUT2D eigenvalue weighted by molar-refractivity contribution is 5.90. The Morgan fingerprint density at radius 3 is 2.20 bits per heavy atom. The van der Waals surface area contributed by atoms with Crippen molar-refractivity contribution in [3.63, 3.8) is 0 Å². The van der Waals surface area contributed by atoms with E-state index in [4.69, 9.17) is 14.2 Å². The molecule has 180 valence electrons. The van der Waals surface area contributed by atoms with Crippen LogP contribution in [0.3, 0.4) is 0 Å². The van der Waals surface area contributed by atoms with Gasteiger partial charge in [0.15, 0.2) is 5.82 Å². The third-order valence-corrected chi connectivity index (χ3v) is 4.72. The van der Waals surface area contributed by atoms with Crippen LogP contribution >= 0.6 is 0 Å². The van der Waals surface area contributed by atoms with Crippen molar-refractivity contribution >= 4 is 23.3 Å². The topological polar surface area (TPSA) is 86.5 Å². The quantitative estimate of drug-likeness (QED) is 0.143. The van der Waals surface area contributed by atoms with E-state index in [0.29, 0.717) is 34.7 Å². The fraction of sp³-hybridized carbons (Fsp3) is 0.185. The van der Waals surface area contributed by atoms with Gasteiger partial charge in [0.2, 0.25) is 0 Å². The number of nitrogens with zero attached hydrogens (tertiary/aromatic N) is 2. The SMILES string of the molecule is C=C(C)C(=O)OCCOc1ccc(/N=N/c2ccc(-c3ccc(C(=O)OCC)cc3)cc2F)cc1. The maximum absolute atomic E-state index is 14.6. The summed E-state index contributed by atoms with van der Waals surface area (Å²) in [6.07, 6.45) is 0. The molecule has 0 heterocycles. The standard InChI is InChI=1S/C27H25FN2O5/c1-4-33-27(32)20-7-5-19(6-8-20)21-9-14-25(24(28)17-21)30-29-22-10-12-23(13-11-22)34-15-16-35-26(31)18(2)3/h5-14,17H,2,4,15-16H2,1,3H3/b30-29+. The van der Waals surface area contributed by atoms with Crippen molar-refractivity contribution in [2.24, 2.45) is 10.2 Å². The van der Waals surface area contributed by atoms with Crippen molar-refractivity contribution in [2.45, 2.75) is 13.8 Å². The number of ether oxygens (including phenoxy) is 3. The minimum atomic E-state index is -0.523. The van der Waals surface area contributed by atoms with Gasteiger partial charge >= 0.3 is 11.9 Å². The van der Waals surface area contributed by atoms with E-state index < -0.39 is 17.8 Å². The Morgan fingerprint density at radius 2 is 1.57 bits per heavy atom. The first-order valence-corrected chi connectivity index (χ1v) is 10.9. The number of hydrogen-bond donors (Lipinski definition) is 0. The number of azo groups is 1. The molecule has 3 aromatic rings. The normalized spacial score (nSPS) is 10.7. The lowest BCUT2D eigenvalue weighted by molar-refractivity contribution is -0.139. The minimum Gasteiger partial charge on any atom is -0.490 e. The second kappa shape index (κ2) is 12.2. The second-order valence-electron chi connectivity index (χ2n) is 7.42. The molecule has 0 aliphatic rings. The number of carbonyl (C=O) groups excluding carboxylic acids is 2. The third-order valence-electron chi connectivity index (χ3n) is 4.72. The molecule has 3 rings (SSSR count). The van der Waals surface area contributed by atoms with Crippen molar-refractivity contribution in [1.29, 1.82) is 0 Å². The summed E-state index contributed by atoms with van der Waals surface area (Å²) in [5.74, 6) is -0.814. The molecule has 7 nitrogen and oxygen atoms in total. The Hall–Kier alpha value is -4.33. The van der Waals surface area contributed by atoms with Crippen molar-refractivity contribution in [3.05, 3.63) is 90.3 Å². The maximum atomic E-state index is 14.6. The predicted octanol–water partition coefficient (Wildman–Crippen LogP) is 6.58. The Labute approximate surface area is 202 Å². The zero-order valence-corrected chi connectivity index (χ0v) is 19.5. The molecule has 0 aliphatic carbocycles. The molecule has 0 aliphatic heterocycles.